The minimum atomic E-state index is -0.221. The zero-order valence-corrected chi connectivity index (χ0v) is 17.8. The first kappa shape index (κ1) is 19.9. The molecule has 1 fully saturated rings. The van der Waals surface area contributed by atoms with Gasteiger partial charge in [-0.2, -0.15) is 0 Å². The summed E-state index contributed by atoms with van der Waals surface area (Å²) in [4.78, 5) is 22.0. The average Bonchev–Trinajstić information content (AvgIpc) is 3.00. The monoisotopic (exact) mass is 395 g/mol. The number of rotatable bonds is 3. The molecular weight excluding hydrogens is 365 g/mol. The van der Waals surface area contributed by atoms with E-state index in [1.165, 1.54) is 6.42 Å². The molecule has 1 atom stereocenters. The molecule has 2 aromatic rings. The number of hydrogen-bond acceptors (Lipinski definition) is 3. The van der Waals surface area contributed by atoms with Crippen LogP contribution in [-0.4, -0.2) is 35.4 Å². The van der Waals surface area contributed by atoms with Crippen molar-refractivity contribution in [2.75, 3.05) is 24.5 Å². The van der Waals surface area contributed by atoms with Gasteiger partial charge in [0.05, 0.1) is 11.4 Å². The molecular formula is C24H30FN3O. The number of pyridine rings is 1. The molecule has 0 radical (unpaired) electrons. The molecule has 0 aliphatic carbocycles. The van der Waals surface area contributed by atoms with Crippen LogP contribution in [0.2, 0.25) is 0 Å². The Kier molecular flexibility index (Phi) is 5.09. The smallest absolute Gasteiger partial charge is 0.272 e. The normalized spacial score (nSPS) is 20.7. The Hall–Kier alpha value is -2.43. The van der Waals surface area contributed by atoms with Gasteiger partial charge in [0.2, 0.25) is 0 Å². The fourth-order valence-corrected chi connectivity index (χ4v) is 4.57. The molecule has 0 saturated carbocycles. The molecule has 2 aliphatic rings. The molecule has 29 heavy (non-hydrogen) atoms. The molecule has 3 heterocycles. The Balaban J connectivity index is 1.65. The fraction of sp³-hybridized carbons (Fsp3) is 0.500. The van der Waals surface area contributed by atoms with Crippen molar-refractivity contribution in [3.05, 3.63) is 53.1 Å². The van der Waals surface area contributed by atoms with Crippen LogP contribution in [0.5, 0.6) is 0 Å². The summed E-state index contributed by atoms with van der Waals surface area (Å²) in [5.41, 5.74) is 3.63. The third-order valence-corrected chi connectivity index (χ3v) is 6.43. The van der Waals surface area contributed by atoms with Crippen LogP contribution in [0.3, 0.4) is 0 Å². The Morgan fingerprint density at radius 1 is 1.28 bits per heavy atom. The van der Waals surface area contributed by atoms with Gasteiger partial charge in [0.1, 0.15) is 11.5 Å². The van der Waals surface area contributed by atoms with E-state index in [9.17, 15) is 9.18 Å². The first-order valence-corrected chi connectivity index (χ1v) is 10.6. The van der Waals surface area contributed by atoms with E-state index in [0.29, 0.717) is 23.7 Å². The summed E-state index contributed by atoms with van der Waals surface area (Å²) in [5, 5.41) is 0. The summed E-state index contributed by atoms with van der Waals surface area (Å²) in [6, 6.07) is 9.14. The standard InChI is InChI=1S/C24H30FN3O/c1-5-17-7-6-12-27(14-17)23(29)20-10-11-21-22(26-20)24(3,4)15-28(21)18-9-8-16(2)19(25)13-18/h8-11,13,17H,5-7,12,14-15H2,1-4H3/t17-/m1/s1. The summed E-state index contributed by atoms with van der Waals surface area (Å²) >= 11 is 0. The number of halogens is 1. The Bertz CT molecular complexity index is 940. The lowest BCUT2D eigenvalue weighted by Crippen LogP contribution is -2.40. The van der Waals surface area contributed by atoms with E-state index < -0.39 is 0 Å². The zero-order chi connectivity index (χ0) is 20.8. The quantitative estimate of drug-likeness (QED) is 0.715. The minimum absolute atomic E-state index is 0.0292. The van der Waals surface area contributed by atoms with Gasteiger partial charge < -0.3 is 9.80 Å². The van der Waals surface area contributed by atoms with E-state index in [1.54, 1.807) is 13.0 Å². The van der Waals surface area contributed by atoms with Crippen molar-refractivity contribution in [2.45, 2.75) is 52.4 Å². The molecule has 4 nitrogen and oxygen atoms in total. The van der Waals surface area contributed by atoms with Crippen molar-refractivity contribution < 1.29 is 9.18 Å². The highest BCUT2D eigenvalue weighted by Crippen LogP contribution is 2.43. The maximum absolute atomic E-state index is 14.1. The molecule has 0 unspecified atom stereocenters. The van der Waals surface area contributed by atoms with Crippen LogP contribution in [0, 0.1) is 18.7 Å². The highest BCUT2D eigenvalue weighted by atomic mass is 19.1. The van der Waals surface area contributed by atoms with Gasteiger partial charge in [-0.3, -0.25) is 4.79 Å². The van der Waals surface area contributed by atoms with Gasteiger partial charge in [-0.25, -0.2) is 9.37 Å². The van der Waals surface area contributed by atoms with Crippen LogP contribution in [0.4, 0.5) is 15.8 Å². The van der Waals surface area contributed by atoms with Crippen LogP contribution >= 0.6 is 0 Å². The number of benzene rings is 1. The van der Waals surface area contributed by atoms with Gasteiger partial charge in [0, 0.05) is 30.7 Å². The maximum atomic E-state index is 14.1. The first-order chi connectivity index (χ1) is 13.8. The number of hydrogen-bond donors (Lipinski definition) is 0. The van der Waals surface area contributed by atoms with Gasteiger partial charge in [-0.05, 0) is 55.5 Å². The van der Waals surface area contributed by atoms with Gasteiger partial charge in [-0.15, -0.1) is 0 Å². The van der Waals surface area contributed by atoms with E-state index in [2.05, 4.69) is 25.7 Å². The second kappa shape index (κ2) is 7.43. The maximum Gasteiger partial charge on any atom is 0.272 e. The number of fused-ring (bicyclic) bond motifs is 1. The van der Waals surface area contributed by atoms with Crippen molar-refractivity contribution >= 4 is 17.3 Å². The summed E-state index contributed by atoms with van der Waals surface area (Å²) in [5.74, 6) is 0.413. The number of piperidine rings is 1. The van der Waals surface area contributed by atoms with E-state index in [-0.39, 0.29) is 17.1 Å². The van der Waals surface area contributed by atoms with Crippen molar-refractivity contribution in [2.24, 2.45) is 5.92 Å². The number of amides is 1. The highest BCUT2D eigenvalue weighted by molar-refractivity contribution is 5.93. The molecule has 0 bridgehead atoms. The second-order valence-electron chi connectivity index (χ2n) is 9.14. The lowest BCUT2D eigenvalue weighted by Gasteiger charge is -2.32. The molecule has 5 heteroatoms. The predicted molar refractivity (Wildman–Crippen MR) is 114 cm³/mol. The summed E-state index contributed by atoms with van der Waals surface area (Å²) in [6.45, 7) is 10.6. The third-order valence-electron chi connectivity index (χ3n) is 6.43. The number of carbonyl (C=O) groups excluding carboxylic acids is 1. The van der Waals surface area contributed by atoms with E-state index in [4.69, 9.17) is 4.98 Å². The summed E-state index contributed by atoms with van der Waals surface area (Å²) in [6.07, 6.45) is 3.37. The topological polar surface area (TPSA) is 36.4 Å². The summed E-state index contributed by atoms with van der Waals surface area (Å²) in [7, 11) is 0. The molecule has 1 amide bonds. The molecule has 4 rings (SSSR count). The molecule has 0 N–H and O–H groups in total. The molecule has 2 aliphatic heterocycles. The fourth-order valence-electron chi connectivity index (χ4n) is 4.57. The molecule has 1 saturated heterocycles. The second-order valence-corrected chi connectivity index (χ2v) is 9.14. The lowest BCUT2D eigenvalue weighted by atomic mass is 9.91. The van der Waals surface area contributed by atoms with Crippen molar-refractivity contribution in [3.8, 4) is 0 Å². The van der Waals surface area contributed by atoms with Crippen LogP contribution in [-0.2, 0) is 5.41 Å². The van der Waals surface area contributed by atoms with Gasteiger partial charge >= 0.3 is 0 Å². The molecule has 0 spiro atoms. The van der Waals surface area contributed by atoms with Crippen LogP contribution in [0.25, 0.3) is 0 Å². The first-order valence-electron chi connectivity index (χ1n) is 10.6. The van der Waals surface area contributed by atoms with Crippen molar-refractivity contribution in [1.82, 2.24) is 9.88 Å². The largest absolute Gasteiger partial charge is 0.339 e. The van der Waals surface area contributed by atoms with Crippen LogP contribution < -0.4 is 4.90 Å². The van der Waals surface area contributed by atoms with Crippen molar-refractivity contribution in [3.63, 3.8) is 0 Å². The number of aromatic nitrogens is 1. The molecule has 1 aromatic carbocycles. The van der Waals surface area contributed by atoms with Crippen molar-refractivity contribution in [1.29, 1.82) is 0 Å². The van der Waals surface area contributed by atoms with Gasteiger partial charge in [0.25, 0.3) is 5.91 Å². The lowest BCUT2D eigenvalue weighted by molar-refractivity contribution is 0.0665. The number of carbonyl (C=O) groups is 1. The Morgan fingerprint density at radius 2 is 2.07 bits per heavy atom. The zero-order valence-electron chi connectivity index (χ0n) is 17.8. The average molecular weight is 396 g/mol. The van der Waals surface area contributed by atoms with E-state index >= 15 is 0 Å². The SMILES string of the molecule is CC[C@@H]1CCCN(C(=O)c2ccc3c(n2)C(C)(C)CN3c2ccc(C)c(F)c2)C1. The minimum Gasteiger partial charge on any atom is -0.339 e. The number of anilines is 2. The van der Waals surface area contributed by atoms with E-state index in [0.717, 1.165) is 43.0 Å². The Labute approximate surface area is 172 Å². The van der Waals surface area contributed by atoms with Crippen LogP contribution in [0.1, 0.15) is 61.8 Å². The van der Waals surface area contributed by atoms with Gasteiger partial charge in [-0.1, -0.05) is 33.3 Å². The molecule has 1 aromatic heterocycles. The van der Waals surface area contributed by atoms with E-state index in [1.807, 2.05) is 29.2 Å². The third kappa shape index (κ3) is 3.63. The highest BCUT2D eigenvalue weighted by Gasteiger charge is 2.38. The number of nitrogens with zero attached hydrogens (tertiary/aromatic N) is 3. The van der Waals surface area contributed by atoms with Crippen LogP contribution in [0.15, 0.2) is 30.3 Å². The number of likely N-dealkylation sites (tertiary alicyclic amines) is 1. The Morgan fingerprint density at radius 3 is 2.79 bits per heavy atom. The number of aryl methyl sites for hydroxylation is 1. The molecule has 154 valence electrons. The summed E-state index contributed by atoms with van der Waals surface area (Å²) < 4.78 is 14.1. The predicted octanol–water partition coefficient (Wildman–Crippen LogP) is 5.22. The van der Waals surface area contributed by atoms with Gasteiger partial charge in [0.15, 0.2) is 0 Å².